The number of rotatable bonds is 7. The van der Waals surface area contributed by atoms with Crippen molar-refractivity contribution in [1.82, 2.24) is 15.0 Å². The van der Waals surface area contributed by atoms with Gasteiger partial charge in [-0.1, -0.05) is 23.4 Å². The first kappa shape index (κ1) is 20.2. The van der Waals surface area contributed by atoms with Crippen LogP contribution in [0.15, 0.2) is 40.9 Å². The number of nitriles is 1. The van der Waals surface area contributed by atoms with Crippen LogP contribution in [0.5, 0.6) is 5.75 Å². The number of benzene rings is 2. The van der Waals surface area contributed by atoms with E-state index in [1.165, 1.54) is 6.07 Å². The number of amides is 1. The maximum Gasteiger partial charge on any atom is 0.410 e. The highest BCUT2D eigenvalue weighted by Gasteiger charge is 2.35. The van der Waals surface area contributed by atoms with E-state index in [9.17, 15) is 15.2 Å². The van der Waals surface area contributed by atoms with Crippen molar-refractivity contribution in [2.75, 3.05) is 13.1 Å². The molecule has 0 aliphatic heterocycles. The first-order chi connectivity index (χ1) is 19.3. The Morgan fingerprint density at radius 2 is 2.16 bits per heavy atom. The fourth-order valence-electron chi connectivity index (χ4n) is 4.24. The van der Waals surface area contributed by atoms with E-state index >= 15 is 0 Å². The van der Waals surface area contributed by atoms with E-state index in [0.29, 0.717) is 33.6 Å². The average Bonchev–Trinajstić information content (AvgIpc) is 3.49. The van der Waals surface area contributed by atoms with Crippen molar-refractivity contribution in [3.8, 4) is 34.7 Å². The molecule has 1 aliphatic carbocycles. The number of carbonyl (C=O) groups excluding carboxylic acids is 1. The topological polar surface area (TPSA) is 122 Å². The summed E-state index contributed by atoms with van der Waals surface area (Å²) in [5.41, 5.74) is 1.46. The third-order valence-corrected chi connectivity index (χ3v) is 5.64. The number of nitrogens with zero attached hydrogens (tertiary/aromatic N) is 4. The van der Waals surface area contributed by atoms with Crippen LogP contribution in [0, 0.1) is 11.3 Å². The number of hydrogen-bond donors (Lipinski definition) is 1. The Balaban J connectivity index is 1.71. The molecule has 1 amide bonds. The molecule has 9 nitrogen and oxygen atoms in total. The van der Waals surface area contributed by atoms with Crippen molar-refractivity contribution in [3.05, 3.63) is 53.1 Å². The molecule has 194 valence electrons. The van der Waals surface area contributed by atoms with Crippen molar-refractivity contribution in [2.24, 2.45) is 0 Å². The molecule has 0 fully saturated rings. The average molecular weight is 510 g/mol. The van der Waals surface area contributed by atoms with Gasteiger partial charge in [-0.2, -0.15) is 10.2 Å². The Hall–Kier alpha value is -3.90. The van der Waals surface area contributed by atoms with Gasteiger partial charge in [0, 0.05) is 17.6 Å². The minimum Gasteiger partial charge on any atom is -0.490 e. The van der Waals surface area contributed by atoms with Gasteiger partial charge in [0.05, 0.1) is 31.1 Å². The number of ether oxygens (including phenoxy) is 2. The van der Waals surface area contributed by atoms with Crippen LogP contribution >= 0.6 is 0 Å². The first-order valence-electron chi connectivity index (χ1n) is 14.3. The van der Waals surface area contributed by atoms with E-state index in [0.717, 1.165) is 0 Å². The lowest BCUT2D eigenvalue weighted by Gasteiger charge is -2.31. The predicted molar refractivity (Wildman–Crippen MR) is 137 cm³/mol. The van der Waals surface area contributed by atoms with Gasteiger partial charge in [0.25, 0.3) is 5.89 Å². The predicted octanol–water partition coefficient (Wildman–Crippen LogP) is 5.28. The zero-order valence-electron chi connectivity index (χ0n) is 26.3. The molecule has 4 rings (SSSR count). The molecule has 9 heteroatoms. The van der Waals surface area contributed by atoms with Crippen LogP contribution < -0.4 is 4.74 Å². The van der Waals surface area contributed by atoms with Crippen molar-refractivity contribution >= 4 is 6.09 Å². The first-order valence-corrected chi connectivity index (χ1v) is 11.8. The zero-order valence-corrected chi connectivity index (χ0v) is 21.3. The summed E-state index contributed by atoms with van der Waals surface area (Å²) in [6.07, 6.45) is -1.75. The molecule has 1 aliphatic rings. The largest absolute Gasteiger partial charge is 0.490 e. The van der Waals surface area contributed by atoms with Gasteiger partial charge < -0.3 is 19.1 Å². The van der Waals surface area contributed by atoms with Crippen molar-refractivity contribution < 1.29 is 30.8 Å². The molecule has 0 radical (unpaired) electrons. The summed E-state index contributed by atoms with van der Waals surface area (Å²) in [6.45, 7) is 1.42. The number of fused-ring (bicyclic) bond motifs is 1. The maximum atomic E-state index is 13.2. The summed E-state index contributed by atoms with van der Waals surface area (Å²) >= 11 is 0. The highest BCUT2D eigenvalue weighted by molar-refractivity contribution is 5.71. The van der Waals surface area contributed by atoms with E-state index in [4.69, 9.17) is 20.9 Å². The van der Waals surface area contributed by atoms with Gasteiger partial charge in [0.15, 0.2) is 0 Å². The van der Waals surface area contributed by atoms with Crippen LogP contribution in [0.2, 0.25) is 0 Å². The monoisotopic (exact) mass is 509 g/mol. The van der Waals surface area contributed by atoms with E-state index in [-0.39, 0.29) is 29.4 Å². The molecule has 3 aromatic rings. The van der Waals surface area contributed by atoms with E-state index in [1.807, 2.05) is 6.07 Å². The molecule has 0 saturated heterocycles. The molecule has 1 heterocycles. The van der Waals surface area contributed by atoms with Crippen LogP contribution in [0.3, 0.4) is 0 Å². The molecule has 37 heavy (non-hydrogen) atoms. The number of hydrogen-bond acceptors (Lipinski definition) is 8. The number of carbonyl (C=O) groups is 1. The van der Waals surface area contributed by atoms with Gasteiger partial charge in [-0.3, -0.25) is 4.90 Å². The summed E-state index contributed by atoms with van der Waals surface area (Å²) < 4.78 is 56.6. The lowest BCUT2D eigenvalue weighted by Crippen LogP contribution is -2.40. The third-order valence-electron chi connectivity index (χ3n) is 5.64. The van der Waals surface area contributed by atoms with E-state index in [2.05, 4.69) is 10.1 Å². The summed E-state index contributed by atoms with van der Waals surface area (Å²) in [6, 6.07) is 10.9. The third kappa shape index (κ3) is 5.75. The Morgan fingerprint density at radius 1 is 1.38 bits per heavy atom. The second-order valence-corrected chi connectivity index (χ2v) is 9.76. The molecule has 0 unspecified atom stereocenters. The van der Waals surface area contributed by atoms with Crippen molar-refractivity contribution in [1.29, 1.82) is 5.26 Å². The molecular weight excluding hydrogens is 472 g/mol. The normalized spacial score (nSPS) is 17.9. The molecule has 1 N–H and O–H groups in total. The molecule has 0 saturated carbocycles. The van der Waals surface area contributed by atoms with Gasteiger partial charge in [0.1, 0.15) is 17.4 Å². The highest BCUT2D eigenvalue weighted by atomic mass is 16.6. The van der Waals surface area contributed by atoms with E-state index in [1.54, 1.807) is 65.0 Å². The van der Waals surface area contributed by atoms with E-state index < -0.39 is 36.9 Å². The minimum atomic E-state index is -3.38. The molecule has 1 aromatic heterocycles. The number of aliphatic hydroxyl groups is 1. The zero-order chi connectivity index (χ0) is 31.3. The Bertz CT molecular complexity index is 1530. The van der Waals surface area contributed by atoms with Crippen LogP contribution in [0.25, 0.3) is 22.8 Å². The van der Waals surface area contributed by atoms with Gasteiger partial charge in [-0.05, 0) is 76.8 Å². The quantitative estimate of drug-likeness (QED) is 0.457. The molecule has 1 atom stereocenters. The van der Waals surface area contributed by atoms with Gasteiger partial charge in [-0.25, -0.2) is 4.79 Å². The lowest BCUT2D eigenvalue weighted by molar-refractivity contribution is 0.0120. The van der Waals surface area contributed by atoms with Gasteiger partial charge in [0.2, 0.25) is 5.82 Å². The fourth-order valence-corrected chi connectivity index (χ4v) is 4.24. The molecule has 2 aromatic carbocycles. The van der Waals surface area contributed by atoms with Crippen LogP contribution in [-0.4, -0.2) is 51.0 Å². The minimum absolute atomic E-state index is 0.130. The number of aromatic nitrogens is 2. The highest BCUT2D eigenvalue weighted by Crippen LogP contribution is 2.41. The van der Waals surface area contributed by atoms with Gasteiger partial charge >= 0.3 is 6.09 Å². The van der Waals surface area contributed by atoms with Crippen molar-refractivity contribution in [2.45, 2.75) is 65.2 Å². The summed E-state index contributed by atoms with van der Waals surface area (Å²) in [4.78, 5) is 18.4. The van der Waals surface area contributed by atoms with Gasteiger partial charge in [-0.15, -0.1) is 0 Å². The smallest absolute Gasteiger partial charge is 0.410 e. The van der Waals surface area contributed by atoms with Crippen LogP contribution in [0.4, 0.5) is 4.79 Å². The SMILES string of the molecule is [2H]C(C)(C)Oc1ccc(-c2nc(-c3cccc4c3CC[C@@H]4N(C(=O)OC(C)(C)C)C([2H])([2H])C([2H])([2H])O)no2)cc1C#N. The Labute approximate surface area is 223 Å². The second kappa shape index (κ2) is 10.6. The maximum absolute atomic E-state index is 13.2. The summed E-state index contributed by atoms with van der Waals surface area (Å²) in [5, 5.41) is 23.8. The van der Waals surface area contributed by atoms with Crippen LogP contribution in [0.1, 0.15) is 70.6 Å². The second-order valence-electron chi connectivity index (χ2n) is 9.76. The summed E-state index contributed by atoms with van der Waals surface area (Å²) in [7, 11) is 0. The Kier molecular flexibility index (Phi) is 5.79. The summed E-state index contributed by atoms with van der Waals surface area (Å²) in [5.74, 6) is 0.595. The molecular formula is C28H32N4O5. The standard InChI is InChI=1S/C28H32N4O5/c1-17(2)35-24-12-9-18(15-19(24)16-29)26-30-25(31-37-26)22-8-6-7-21-20(22)10-11-23(21)32(13-14-33)27(34)36-28(3,4)5/h6-9,12,15,17,23,33H,10-11,13-14H2,1-5H3/t23-/m0/s1/i13D2,14D2,17D. The van der Waals surface area contributed by atoms with Crippen molar-refractivity contribution in [3.63, 3.8) is 0 Å². The Morgan fingerprint density at radius 3 is 2.84 bits per heavy atom. The fraction of sp³-hybridized carbons (Fsp3) is 0.429. The lowest BCUT2D eigenvalue weighted by atomic mass is 10.0. The molecule has 0 spiro atoms. The van der Waals surface area contributed by atoms with Crippen LogP contribution in [-0.2, 0) is 11.2 Å². The molecule has 0 bridgehead atoms.